The Balaban J connectivity index is 1.21. The summed E-state index contributed by atoms with van der Waals surface area (Å²) in [5, 5.41) is 13.4. The maximum absolute atomic E-state index is 14.0. The van der Waals surface area contributed by atoms with E-state index in [1.54, 1.807) is 6.07 Å². The molecule has 0 unspecified atom stereocenters. The van der Waals surface area contributed by atoms with Crippen LogP contribution in [0.1, 0.15) is 70.8 Å². The van der Waals surface area contributed by atoms with Gasteiger partial charge in [0.1, 0.15) is 5.82 Å². The molecule has 6 nitrogen and oxygen atoms in total. The average molecular weight is 448 g/mol. The van der Waals surface area contributed by atoms with Gasteiger partial charge in [-0.1, -0.05) is 12.1 Å². The molecular formula is C26H26FN3O3. The maximum atomic E-state index is 14.0. The zero-order valence-corrected chi connectivity index (χ0v) is 18.4. The normalized spacial score (nSPS) is 24.3. The standard InChI is InChI=1S/C26H26FN3O3/c27-22-11-18(14-28)10-21(13-22)24-7-8-33-30(24)26(32)19-4-1-16(2-5-19)9-17-3-6-20-15-29-25(31)23(20)12-17/h3,6,10-13,16,19,24H,1-2,4-5,7-9,15H2,(H,29,31)/t16?,19?,24-/m0/s1. The van der Waals surface area contributed by atoms with Gasteiger partial charge < -0.3 is 5.32 Å². The van der Waals surface area contributed by atoms with Crippen LogP contribution in [0.3, 0.4) is 0 Å². The van der Waals surface area contributed by atoms with Gasteiger partial charge in [0, 0.05) is 24.4 Å². The molecule has 0 radical (unpaired) electrons. The fraction of sp³-hybridized carbons (Fsp3) is 0.423. The van der Waals surface area contributed by atoms with E-state index in [0.29, 0.717) is 31.1 Å². The summed E-state index contributed by atoms with van der Waals surface area (Å²) in [5.74, 6) is -0.160. The van der Waals surface area contributed by atoms with E-state index in [9.17, 15) is 14.0 Å². The van der Waals surface area contributed by atoms with E-state index in [2.05, 4.69) is 11.4 Å². The number of benzene rings is 2. The first-order chi connectivity index (χ1) is 16.0. The smallest absolute Gasteiger partial charge is 0.251 e. The van der Waals surface area contributed by atoms with Crippen LogP contribution in [-0.4, -0.2) is 23.5 Å². The van der Waals surface area contributed by atoms with Gasteiger partial charge in [-0.3, -0.25) is 14.4 Å². The van der Waals surface area contributed by atoms with Gasteiger partial charge in [-0.2, -0.15) is 5.26 Å². The third-order valence-electron chi connectivity index (χ3n) is 7.13. The lowest BCUT2D eigenvalue weighted by atomic mass is 9.78. The highest BCUT2D eigenvalue weighted by Gasteiger charge is 2.37. The van der Waals surface area contributed by atoms with Crippen molar-refractivity contribution in [3.8, 4) is 6.07 Å². The van der Waals surface area contributed by atoms with Gasteiger partial charge in [-0.15, -0.1) is 0 Å². The minimum atomic E-state index is -0.479. The summed E-state index contributed by atoms with van der Waals surface area (Å²) in [7, 11) is 0. The lowest BCUT2D eigenvalue weighted by molar-refractivity contribution is -0.183. The van der Waals surface area contributed by atoms with E-state index in [1.807, 2.05) is 18.2 Å². The largest absolute Gasteiger partial charge is 0.348 e. The number of halogens is 1. The molecule has 1 N–H and O–H groups in total. The molecule has 0 bridgehead atoms. The molecule has 7 heteroatoms. The first kappa shape index (κ1) is 21.6. The summed E-state index contributed by atoms with van der Waals surface area (Å²) in [6, 6.07) is 12.0. The van der Waals surface area contributed by atoms with Crippen molar-refractivity contribution in [2.24, 2.45) is 11.8 Å². The van der Waals surface area contributed by atoms with Crippen molar-refractivity contribution in [3.05, 3.63) is 70.0 Å². The van der Waals surface area contributed by atoms with Gasteiger partial charge in [0.25, 0.3) is 5.91 Å². The predicted octanol–water partition coefficient (Wildman–Crippen LogP) is 4.19. The molecule has 1 atom stereocenters. The molecule has 3 aliphatic rings. The summed E-state index contributed by atoms with van der Waals surface area (Å²) >= 11 is 0. The van der Waals surface area contributed by atoms with Crippen molar-refractivity contribution in [2.45, 2.75) is 51.1 Å². The van der Waals surface area contributed by atoms with Gasteiger partial charge in [0.05, 0.1) is 24.3 Å². The Labute approximate surface area is 192 Å². The van der Waals surface area contributed by atoms with Crippen molar-refractivity contribution in [1.82, 2.24) is 10.4 Å². The molecule has 0 aromatic heterocycles. The summed E-state index contributed by atoms with van der Waals surface area (Å²) in [6.45, 7) is 1.00. The quantitative estimate of drug-likeness (QED) is 0.762. The number of carbonyl (C=O) groups is 2. The highest BCUT2D eigenvalue weighted by Crippen LogP contribution is 2.37. The molecule has 2 heterocycles. The van der Waals surface area contributed by atoms with E-state index >= 15 is 0 Å². The minimum Gasteiger partial charge on any atom is -0.348 e. The van der Waals surface area contributed by atoms with Gasteiger partial charge in [0.15, 0.2) is 0 Å². The molecule has 5 rings (SSSR count). The van der Waals surface area contributed by atoms with Crippen LogP contribution in [0.5, 0.6) is 0 Å². The number of nitrogens with one attached hydrogen (secondary N) is 1. The predicted molar refractivity (Wildman–Crippen MR) is 118 cm³/mol. The van der Waals surface area contributed by atoms with Gasteiger partial charge >= 0.3 is 0 Å². The van der Waals surface area contributed by atoms with E-state index in [-0.39, 0.29) is 29.3 Å². The van der Waals surface area contributed by atoms with Crippen LogP contribution in [0.15, 0.2) is 36.4 Å². The molecule has 33 heavy (non-hydrogen) atoms. The number of hydroxylamine groups is 2. The molecule has 170 valence electrons. The SMILES string of the molecule is N#Cc1cc(F)cc([C@@H]2CCON2C(=O)C2CCC(Cc3ccc4c(c3)C(=O)NC4)CC2)c1. The van der Waals surface area contributed by atoms with Crippen molar-refractivity contribution >= 4 is 11.8 Å². The average Bonchev–Trinajstić information content (AvgIpc) is 3.46. The van der Waals surface area contributed by atoms with E-state index in [4.69, 9.17) is 10.1 Å². The number of amides is 2. The Morgan fingerprint density at radius 3 is 2.76 bits per heavy atom. The Bertz CT molecular complexity index is 1130. The van der Waals surface area contributed by atoms with Crippen molar-refractivity contribution in [3.63, 3.8) is 0 Å². The molecule has 2 aromatic carbocycles. The molecule has 2 fully saturated rings. The first-order valence-corrected chi connectivity index (χ1v) is 11.6. The topological polar surface area (TPSA) is 82.4 Å². The van der Waals surface area contributed by atoms with Crippen LogP contribution in [0.25, 0.3) is 0 Å². The number of nitriles is 1. The summed E-state index contributed by atoms with van der Waals surface area (Å²) in [6.07, 6.45) is 4.95. The number of nitrogens with zero attached hydrogens (tertiary/aromatic N) is 2. The number of rotatable bonds is 4. The van der Waals surface area contributed by atoms with Crippen molar-refractivity contribution in [1.29, 1.82) is 5.26 Å². The molecular weight excluding hydrogens is 421 g/mol. The van der Waals surface area contributed by atoms with Gasteiger partial charge in [-0.05, 0) is 79.0 Å². The minimum absolute atomic E-state index is 0.00140. The monoisotopic (exact) mass is 447 g/mol. The van der Waals surface area contributed by atoms with Crippen LogP contribution in [0, 0.1) is 29.0 Å². The molecule has 1 saturated heterocycles. The van der Waals surface area contributed by atoms with E-state index in [0.717, 1.165) is 43.2 Å². The summed E-state index contributed by atoms with van der Waals surface area (Å²) in [5.41, 5.74) is 3.85. The Morgan fingerprint density at radius 2 is 1.97 bits per heavy atom. The molecule has 0 spiro atoms. The fourth-order valence-corrected chi connectivity index (χ4v) is 5.37. The molecule has 1 saturated carbocycles. The van der Waals surface area contributed by atoms with Crippen molar-refractivity contribution in [2.75, 3.05) is 6.61 Å². The lowest BCUT2D eigenvalue weighted by Gasteiger charge is -2.32. The number of carbonyl (C=O) groups excluding carboxylic acids is 2. The number of hydrogen-bond acceptors (Lipinski definition) is 4. The third-order valence-corrected chi connectivity index (χ3v) is 7.13. The van der Waals surface area contributed by atoms with Crippen LogP contribution < -0.4 is 5.32 Å². The molecule has 2 amide bonds. The highest BCUT2D eigenvalue weighted by molar-refractivity contribution is 5.98. The Hall–Kier alpha value is -3.24. The zero-order chi connectivity index (χ0) is 22.9. The second-order valence-electron chi connectivity index (χ2n) is 9.28. The van der Waals surface area contributed by atoms with Gasteiger partial charge in [0.2, 0.25) is 5.91 Å². The van der Waals surface area contributed by atoms with E-state index < -0.39 is 5.82 Å². The first-order valence-electron chi connectivity index (χ1n) is 11.6. The third kappa shape index (κ3) is 4.36. The zero-order valence-electron chi connectivity index (χ0n) is 18.4. The molecule has 1 aliphatic carbocycles. The second-order valence-corrected chi connectivity index (χ2v) is 9.28. The van der Waals surface area contributed by atoms with Crippen LogP contribution >= 0.6 is 0 Å². The maximum Gasteiger partial charge on any atom is 0.251 e. The van der Waals surface area contributed by atoms with Gasteiger partial charge in [-0.25, -0.2) is 9.45 Å². The van der Waals surface area contributed by atoms with Crippen LogP contribution in [0.2, 0.25) is 0 Å². The Morgan fingerprint density at radius 1 is 1.15 bits per heavy atom. The van der Waals surface area contributed by atoms with E-state index in [1.165, 1.54) is 22.8 Å². The number of fused-ring (bicyclic) bond motifs is 1. The molecule has 2 aromatic rings. The van der Waals surface area contributed by atoms with Crippen LogP contribution in [-0.2, 0) is 22.6 Å². The number of hydrogen-bond donors (Lipinski definition) is 1. The Kier molecular flexibility index (Phi) is 5.86. The molecule has 2 aliphatic heterocycles. The second kappa shape index (κ2) is 8.95. The summed E-state index contributed by atoms with van der Waals surface area (Å²) in [4.78, 5) is 30.8. The summed E-state index contributed by atoms with van der Waals surface area (Å²) < 4.78 is 14.0. The van der Waals surface area contributed by atoms with Crippen molar-refractivity contribution < 1.29 is 18.8 Å². The lowest BCUT2D eigenvalue weighted by Crippen LogP contribution is -2.36. The fourth-order valence-electron chi connectivity index (χ4n) is 5.37. The van der Waals surface area contributed by atoms with Crippen LogP contribution in [0.4, 0.5) is 4.39 Å². The highest BCUT2D eigenvalue weighted by atomic mass is 19.1.